The summed E-state index contributed by atoms with van der Waals surface area (Å²) in [7, 11) is 3.11. The third kappa shape index (κ3) is 7.22. The average Bonchev–Trinajstić information content (AvgIpc) is 3.64. The number of urea groups is 1. The normalized spacial score (nSPS) is 25.1. The van der Waals surface area contributed by atoms with Crippen LogP contribution in [-0.4, -0.2) is 87.8 Å². The molecule has 1 aliphatic carbocycles. The van der Waals surface area contributed by atoms with Gasteiger partial charge in [-0.2, -0.15) is 9.97 Å². The highest BCUT2D eigenvalue weighted by Gasteiger charge is 2.61. The molecule has 2 fully saturated rings. The van der Waals surface area contributed by atoms with Crippen molar-refractivity contribution in [3.05, 3.63) is 78.4 Å². The van der Waals surface area contributed by atoms with Crippen LogP contribution >= 0.6 is 0 Å². The van der Waals surface area contributed by atoms with Gasteiger partial charge in [-0.3, -0.25) is 4.79 Å². The van der Waals surface area contributed by atoms with Crippen molar-refractivity contribution in [2.75, 3.05) is 27.3 Å². The summed E-state index contributed by atoms with van der Waals surface area (Å²) >= 11 is 0. The van der Waals surface area contributed by atoms with Crippen LogP contribution < -0.4 is 19.5 Å². The predicted molar refractivity (Wildman–Crippen MR) is 177 cm³/mol. The lowest BCUT2D eigenvalue weighted by molar-refractivity contribution is -0.144. The zero-order valence-corrected chi connectivity index (χ0v) is 27.2. The van der Waals surface area contributed by atoms with Crippen molar-refractivity contribution in [2.24, 2.45) is 5.92 Å². The number of amides is 3. The summed E-state index contributed by atoms with van der Waals surface area (Å²) in [4.78, 5) is 53.1. The van der Waals surface area contributed by atoms with E-state index in [-0.39, 0.29) is 30.8 Å². The summed E-state index contributed by atoms with van der Waals surface area (Å²) in [5.41, 5.74) is 0.302. The number of ether oxygens (including phenoxy) is 3. The quantitative estimate of drug-likeness (QED) is 0.330. The van der Waals surface area contributed by atoms with Crippen LogP contribution in [0.15, 0.2) is 72.8 Å². The standard InChI is InChI=1S/C36H41N5O7/c1-46-27-16-14-24(15-17-27)22-40-18-10-5-3-4-9-13-26-21-36(26,34(43)44)39-33(42)29-19-28(23-41(29)35(40)45)48-31-20-30(47-2)37-32(38-31)25-11-7-6-8-12-25/h6-9,11-17,20,26,28-29H,3-5,10,18-19,21-23H2,1-2H3,(H,39,42)(H,43,44)/b13-9-/t26-,28+,29-,36+/m0/s1. The number of methoxy groups -OCH3 is 2. The molecular formula is C36H41N5O7. The van der Waals surface area contributed by atoms with Gasteiger partial charge in [-0.15, -0.1) is 0 Å². The molecule has 1 saturated heterocycles. The van der Waals surface area contributed by atoms with Crippen LogP contribution in [0.5, 0.6) is 17.5 Å². The zero-order valence-electron chi connectivity index (χ0n) is 27.2. The summed E-state index contributed by atoms with van der Waals surface area (Å²) in [5, 5.41) is 13.0. The smallest absolute Gasteiger partial charge is 0.330 e. The Morgan fingerprint density at radius 3 is 2.50 bits per heavy atom. The van der Waals surface area contributed by atoms with Crippen LogP contribution in [0.2, 0.25) is 0 Å². The predicted octanol–water partition coefficient (Wildman–Crippen LogP) is 4.69. The highest BCUT2D eigenvalue weighted by molar-refractivity contribution is 5.94. The molecule has 4 atom stereocenters. The van der Waals surface area contributed by atoms with E-state index in [9.17, 15) is 19.5 Å². The number of allylic oxidation sites excluding steroid dienone is 1. The van der Waals surface area contributed by atoms with Gasteiger partial charge in [0, 0.05) is 31.0 Å². The number of fused-ring (bicyclic) bond motifs is 2. The SMILES string of the molecule is COc1ccc(CN2CCCCC/C=C\[C@H]3C[C@@]3(C(=O)O)NC(=O)[C@@H]3C[C@@H](Oc4cc(OC)nc(-c5ccccc5)n4)CN3C2=O)cc1. The largest absolute Gasteiger partial charge is 0.497 e. The molecule has 0 spiro atoms. The Bertz CT molecular complexity index is 1650. The van der Waals surface area contributed by atoms with Crippen molar-refractivity contribution in [3.63, 3.8) is 0 Å². The molecule has 6 rings (SSSR count). The maximum Gasteiger partial charge on any atom is 0.330 e. The lowest BCUT2D eigenvalue weighted by atomic mass is 10.1. The maximum absolute atomic E-state index is 14.4. The maximum atomic E-state index is 14.4. The second kappa shape index (κ2) is 14.3. The van der Waals surface area contributed by atoms with Gasteiger partial charge in [0.2, 0.25) is 17.7 Å². The summed E-state index contributed by atoms with van der Waals surface area (Å²) in [6.07, 6.45) is 7.16. The third-order valence-electron chi connectivity index (χ3n) is 9.23. The van der Waals surface area contributed by atoms with Gasteiger partial charge in [0.15, 0.2) is 5.82 Å². The number of carbonyl (C=O) groups is 3. The molecule has 12 heteroatoms. The second-order valence-electron chi connectivity index (χ2n) is 12.5. The van der Waals surface area contributed by atoms with E-state index in [0.29, 0.717) is 37.0 Å². The molecule has 3 aromatic rings. The molecule has 252 valence electrons. The van der Waals surface area contributed by atoms with E-state index in [0.717, 1.165) is 36.8 Å². The Kier molecular flexibility index (Phi) is 9.79. The van der Waals surface area contributed by atoms with Gasteiger partial charge in [-0.1, -0.05) is 61.0 Å². The van der Waals surface area contributed by atoms with Crippen LogP contribution in [0.3, 0.4) is 0 Å². The summed E-state index contributed by atoms with van der Waals surface area (Å²) < 4.78 is 17.1. The van der Waals surface area contributed by atoms with Crippen LogP contribution in [0.4, 0.5) is 4.79 Å². The Morgan fingerprint density at radius 1 is 1.00 bits per heavy atom. The van der Waals surface area contributed by atoms with Crippen LogP contribution in [0.1, 0.15) is 44.1 Å². The highest BCUT2D eigenvalue weighted by atomic mass is 16.5. The lowest BCUT2D eigenvalue weighted by Crippen LogP contribution is -2.55. The van der Waals surface area contributed by atoms with Crippen molar-refractivity contribution < 1.29 is 33.7 Å². The third-order valence-corrected chi connectivity index (χ3v) is 9.23. The topological polar surface area (TPSA) is 143 Å². The van der Waals surface area contributed by atoms with Crippen molar-refractivity contribution in [1.29, 1.82) is 0 Å². The van der Waals surface area contributed by atoms with Gasteiger partial charge < -0.3 is 34.4 Å². The number of nitrogens with one attached hydrogen (secondary N) is 1. The Balaban J connectivity index is 1.30. The van der Waals surface area contributed by atoms with Crippen LogP contribution in [0, 0.1) is 5.92 Å². The molecule has 0 bridgehead atoms. The van der Waals surface area contributed by atoms with Crippen molar-refractivity contribution in [3.8, 4) is 28.9 Å². The van der Waals surface area contributed by atoms with Gasteiger partial charge >= 0.3 is 12.0 Å². The van der Waals surface area contributed by atoms with E-state index in [1.54, 1.807) is 18.1 Å². The lowest BCUT2D eigenvalue weighted by Gasteiger charge is -2.32. The fraction of sp³-hybridized carbons (Fsp3) is 0.417. The average molecular weight is 656 g/mol. The minimum absolute atomic E-state index is 0.104. The first-order valence-corrected chi connectivity index (χ1v) is 16.4. The van der Waals surface area contributed by atoms with E-state index in [2.05, 4.69) is 15.3 Å². The molecule has 2 aromatic carbocycles. The summed E-state index contributed by atoms with van der Waals surface area (Å²) in [5.74, 6) is -0.229. The summed E-state index contributed by atoms with van der Waals surface area (Å²) in [6, 6.07) is 17.3. The molecule has 3 heterocycles. The second-order valence-corrected chi connectivity index (χ2v) is 12.5. The number of carbonyl (C=O) groups excluding carboxylic acids is 2. The fourth-order valence-corrected chi connectivity index (χ4v) is 6.44. The molecule has 1 aromatic heterocycles. The monoisotopic (exact) mass is 655 g/mol. The van der Waals surface area contributed by atoms with Gasteiger partial charge in [0.05, 0.1) is 26.8 Å². The highest BCUT2D eigenvalue weighted by Crippen LogP contribution is 2.45. The first-order chi connectivity index (χ1) is 23.3. The van der Waals surface area contributed by atoms with Crippen molar-refractivity contribution in [2.45, 2.75) is 62.8 Å². The molecule has 2 aliphatic heterocycles. The number of carboxylic acid groups (broad SMARTS) is 1. The Labute approximate surface area is 279 Å². The minimum Gasteiger partial charge on any atom is -0.497 e. The molecule has 3 aliphatic rings. The van der Waals surface area contributed by atoms with Gasteiger partial charge in [0.1, 0.15) is 23.4 Å². The molecule has 1 saturated carbocycles. The van der Waals surface area contributed by atoms with E-state index < -0.39 is 29.6 Å². The van der Waals surface area contributed by atoms with Crippen molar-refractivity contribution >= 4 is 17.9 Å². The van der Waals surface area contributed by atoms with Crippen molar-refractivity contribution in [1.82, 2.24) is 25.1 Å². The van der Waals surface area contributed by atoms with Gasteiger partial charge in [0.25, 0.3) is 0 Å². The number of benzene rings is 2. The number of aromatic nitrogens is 2. The van der Waals surface area contributed by atoms with Gasteiger partial charge in [-0.05, 0) is 43.4 Å². The first kappa shape index (κ1) is 32.8. The Morgan fingerprint density at radius 2 is 1.77 bits per heavy atom. The number of rotatable bonds is 8. The number of hydrogen-bond donors (Lipinski definition) is 2. The zero-order chi connectivity index (χ0) is 33.7. The minimum atomic E-state index is -1.39. The van der Waals surface area contributed by atoms with Gasteiger partial charge in [-0.25, -0.2) is 9.59 Å². The molecule has 12 nitrogen and oxygen atoms in total. The number of aliphatic carboxylic acids is 1. The molecule has 0 unspecified atom stereocenters. The molecule has 48 heavy (non-hydrogen) atoms. The van der Waals surface area contributed by atoms with E-state index >= 15 is 0 Å². The number of nitrogens with zero attached hydrogens (tertiary/aromatic N) is 4. The molecule has 0 radical (unpaired) electrons. The van der Waals surface area contributed by atoms with E-state index in [1.165, 1.54) is 12.0 Å². The number of hydrogen-bond acceptors (Lipinski definition) is 8. The fourth-order valence-electron chi connectivity index (χ4n) is 6.44. The Hall–Kier alpha value is -5.13. The van der Waals surface area contributed by atoms with E-state index in [1.807, 2.05) is 66.7 Å². The first-order valence-electron chi connectivity index (χ1n) is 16.4. The summed E-state index contributed by atoms with van der Waals surface area (Å²) in [6.45, 7) is 0.937. The van der Waals surface area contributed by atoms with E-state index in [4.69, 9.17) is 14.2 Å². The van der Waals surface area contributed by atoms with Crippen LogP contribution in [-0.2, 0) is 16.1 Å². The van der Waals surface area contributed by atoms with Crippen LogP contribution in [0.25, 0.3) is 11.4 Å². The number of carboxylic acids is 1. The molecule has 3 amide bonds. The molecule has 2 N–H and O–H groups in total. The molecular weight excluding hydrogens is 614 g/mol.